The lowest BCUT2D eigenvalue weighted by Crippen LogP contribution is -2.59. The minimum atomic E-state index is -0.0966. The van der Waals surface area contributed by atoms with E-state index in [1.807, 2.05) is 0 Å². The highest BCUT2D eigenvalue weighted by Gasteiger charge is 2.68. The summed E-state index contributed by atoms with van der Waals surface area (Å²) < 4.78 is 6.45. The van der Waals surface area contributed by atoms with Gasteiger partial charge in [-0.25, -0.2) is 0 Å². The molecule has 0 radical (unpaired) electrons. The van der Waals surface area contributed by atoms with E-state index in [1.165, 1.54) is 22.8 Å². The average molecular weight is 394 g/mol. The maximum atomic E-state index is 12.5. The molecule has 2 aromatic carbocycles. The lowest BCUT2D eigenvalue weighted by molar-refractivity contribution is -0.137. The summed E-state index contributed by atoms with van der Waals surface area (Å²) in [6.45, 7) is 5.27. The molecule has 3 fully saturated rings. The second-order valence-corrected chi connectivity index (χ2v) is 9.88. The van der Waals surface area contributed by atoms with Crippen LogP contribution < -0.4 is 5.32 Å². The van der Waals surface area contributed by atoms with Crippen molar-refractivity contribution in [1.82, 2.24) is 5.32 Å². The van der Waals surface area contributed by atoms with Crippen molar-refractivity contribution in [3.8, 4) is 0 Å². The van der Waals surface area contributed by atoms with Gasteiger partial charge in [0.15, 0.2) is 0 Å². The number of benzene rings is 2. The molecule has 1 saturated heterocycles. The third-order valence-electron chi connectivity index (χ3n) is 8.28. The zero-order valence-corrected chi connectivity index (χ0v) is 17.4. The van der Waals surface area contributed by atoms with Crippen molar-refractivity contribution in [2.45, 2.75) is 51.7 Å². The van der Waals surface area contributed by atoms with Crippen molar-refractivity contribution in [3.05, 3.63) is 48.0 Å². The fourth-order valence-electron chi connectivity index (χ4n) is 6.93. The van der Waals surface area contributed by atoms with Gasteiger partial charge >= 0.3 is 0 Å². The molecule has 2 aromatic rings. The molecule has 2 aliphatic carbocycles. The van der Waals surface area contributed by atoms with Gasteiger partial charge in [0, 0.05) is 19.1 Å². The molecule has 0 aromatic heterocycles. The number of carbonyl (C=O) groups excluding carboxylic acids is 1. The molecule has 2 N–H and O–H groups in total. The summed E-state index contributed by atoms with van der Waals surface area (Å²) in [5, 5.41) is 15.1. The van der Waals surface area contributed by atoms with Crippen molar-refractivity contribution < 1.29 is 14.6 Å². The maximum Gasteiger partial charge on any atom is 0.222 e. The van der Waals surface area contributed by atoms with E-state index in [1.54, 1.807) is 0 Å². The van der Waals surface area contributed by atoms with Gasteiger partial charge in [-0.2, -0.15) is 0 Å². The Hall–Kier alpha value is -1.91. The van der Waals surface area contributed by atoms with Gasteiger partial charge in [0.25, 0.3) is 0 Å². The van der Waals surface area contributed by atoms with Crippen LogP contribution in [0, 0.1) is 22.7 Å². The number of ether oxygens (including phenoxy) is 1. The van der Waals surface area contributed by atoms with Gasteiger partial charge in [-0.1, -0.05) is 56.3 Å². The molecule has 1 spiro atoms. The van der Waals surface area contributed by atoms with Crippen LogP contribution in [0.4, 0.5) is 0 Å². The molecule has 3 aliphatic rings. The Kier molecular flexibility index (Phi) is 4.48. The van der Waals surface area contributed by atoms with Gasteiger partial charge in [-0.3, -0.25) is 4.79 Å². The Morgan fingerprint density at radius 2 is 2.00 bits per heavy atom. The van der Waals surface area contributed by atoms with E-state index >= 15 is 0 Å². The number of aliphatic hydroxyl groups is 1. The molecule has 154 valence electrons. The first kappa shape index (κ1) is 19.1. The van der Waals surface area contributed by atoms with Gasteiger partial charge in [-0.15, -0.1) is 0 Å². The van der Waals surface area contributed by atoms with E-state index in [4.69, 9.17) is 4.74 Å². The minimum Gasteiger partial charge on any atom is -0.396 e. The molecule has 1 unspecified atom stereocenters. The van der Waals surface area contributed by atoms with E-state index in [-0.39, 0.29) is 41.9 Å². The minimum absolute atomic E-state index is 0.0283. The summed E-state index contributed by atoms with van der Waals surface area (Å²) in [7, 11) is 0. The number of hydrogen-bond donors (Lipinski definition) is 2. The third kappa shape index (κ3) is 2.76. The van der Waals surface area contributed by atoms with Gasteiger partial charge in [0.1, 0.15) is 0 Å². The van der Waals surface area contributed by atoms with Crippen molar-refractivity contribution in [2.75, 3.05) is 13.2 Å². The van der Waals surface area contributed by atoms with Crippen LogP contribution in [-0.2, 0) is 9.53 Å². The average Bonchev–Trinajstić information content (AvgIpc) is 3.20. The highest BCUT2D eigenvalue weighted by atomic mass is 16.5. The van der Waals surface area contributed by atoms with Gasteiger partial charge < -0.3 is 15.2 Å². The van der Waals surface area contributed by atoms with Crippen molar-refractivity contribution in [3.63, 3.8) is 0 Å². The molecule has 1 heterocycles. The number of fused-ring (bicyclic) bond motifs is 2. The van der Waals surface area contributed by atoms with Gasteiger partial charge in [-0.05, 0) is 58.3 Å². The summed E-state index contributed by atoms with van der Waals surface area (Å²) in [5.74, 6) is 0.977. The number of rotatable bonds is 4. The van der Waals surface area contributed by atoms with E-state index in [0.29, 0.717) is 11.8 Å². The molecule has 2 saturated carbocycles. The summed E-state index contributed by atoms with van der Waals surface area (Å²) >= 11 is 0. The molecule has 2 bridgehead atoms. The third-order valence-corrected chi connectivity index (χ3v) is 8.28. The highest BCUT2D eigenvalue weighted by molar-refractivity contribution is 5.86. The van der Waals surface area contributed by atoms with Crippen LogP contribution >= 0.6 is 0 Å². The molecule has 4 heteroatoms. The van der Waals surface area contributed by atoms with E-state index in [9.17, 15) is 9.90 Å². The Morgan fingerprint density at radius 1 is 1.21 bits per heavy atom. The van der Waals surface area contributed by atoms with Crippen LogP contribution in [0.15, 0.2) is 42.5 Å². The number of nitrogens with one attached hydrogen (secondary N) is 1. The first-order chi connectivity index (χ1) is 14.0. The van der Waals surface area contributed by atoms with Crippen molar-refractivity contribution >= 4 is 16.7 Å². The van der Waals surface area contributed by atoms with Crippen LogP contribution in [-0.4, -0.2) is 30.3 Å². The Balaban J connectivity index is 1.54. The fourth-order valence-corrected chi connectivity index (χ4v) is 6.93. The van der Waals surface area contributed by atoms with E-state index in [0.717, 1.165) is 19.4 Å². The summed E-state index contributed by atoms with van der Waals surface area (Å²) in [4.78, 5) is 12.5. The van der Waals surface area contributed by atoms with Crippen LogP contribution in [0.2, 0.25) is 0 Å². The predicted molar refractivity (Wildman–Crippen MR) is 113 cm³/mol. The standard InChI is InChI=1S/C25H31NO3/c1-24(2)17-14-20-22(19-9-5-7-16-6-3-4-8-18(16)19)29-13-11-25(20,15-17)23(24)26-21(28)10-12-27/h3-9,17,20,22-23,27H,10-15H2,1-2H3,(H,26,28)/t17-,20-,22-,23-,25?/m1/s1. The van der Waals surface area contributed by atoms with E-state index < -0.39 is 0 Å². The lowest BCUT2D eigenvalue weighted by Gasteiger charge is -2.53. The molecule has 1 amide bonds. The zero-order chi connectivity index (χ0) is 20.2. The fraction of sp³-hybridized carbons (Fsp3) is 0.560. The molecule has 1 aliphatic heterocycles. The van der Waals surface area contributed by atoms with Crippen LogP contribution in [0.3, 0.4) is 0 Å². The van der Waals surface area contributed by atoms with Crippen LogP contribution in [0.25, 0.3) is 10.8 Å². The van der Waals surface area contributed by atoms with Crippen LogP contribution in [0.5, 0.6) is 0 Å². The molecular formula is C25H31NO3. The Morgan fingerprint density at radius 3 is 2.83 bits per heavy atom. The Labute approximate surface area is 172 Å². The van der Waals surface area contributed by atoms with E-state index in [2.05, 4.69) is 61.6 Å². The smallest absolute Gasteiger partial charge is 0.222 e. The largest absolute Gasteiger partial charge is 0.396 e. The van der Waals surface area contributed by atoms with Crippen LogP contribution in [0.1, 0.15) is 51.2 Å². The monoisotopic (exact) mass is 393 g/mol. The van der Waals surface area contributed by atoms with Gasteiger partial charge in [0.05, 0.1) is 12.7 Å². The van der Waals surface area contributed by atoms with Crippen molar-refractivity contribution in [2.24, 2.45) is 22.7 Å². The highest BCUT2D eigenvalue weighted by Crippen LogP contribution is 2.70. The number of amides is 1. The SMILES string of the molecule is CC1(C)[C@@H]2C[C@@H]3[C@@H](c4cccc5ccccc45)OCCC3(C2)[C@@H]1NC(=O)CCO. The number of aliphatic hydroxyl groups excluding tert-OH is 1. The topological polar surface area (TPSA) is 58.6 Å². The van der Waals surface area contributed by atoms with Crippen molar-refractivity contribution in [1.29, 1.82) is 0 Å². The lowest BCUT2D eigenvalue weighted by atomic mass is 9.58. The number of carbonyl (C=O) groups is 1. The van der Waals surface area contributed by atoms with Gasteiger partial charge in [0.2, 0.25) is 5.91 Å². The predicted octanol–water partition coefficient (Wildman–Crippen LogP) is 4.22. The summed E-state index contributed by atoms with van der Waals surface area (Å²) in [6, 6.07) is 15.2. The summed E-state index contributed by atoms with van der Waals surface area (Å²) in [5.41, 5.74) is 1.44. The Bertz CT molecular complexity index is 933. The zero-order valence-electron chi connectivity index (χ0n) is 17.4. The second kappa shape index (κ2) is 6.82. The first-order valence-corrected chi connectivity index (χ1v) is 11.0. The quantitative estimate of drug-likeness (QED) is 0.818. The summed E-state index contributed by atoms with van der Waals surface area (Å²) in [6.07, 6.45) is 3.59. The molecule has 5 atom stereocenters. The normalized spacial score (nSPS) is 34.9. The molecule has 29 heavy (non-hydrogen) atoms. The maximum absolute atomic E-state index is 12.5. The molecule has 4 nitrogen and oxygen atoms in total. The molecule has 5 rings (SSSR count). The molecular weight excluding hydrogens is 362 g/mol. The second-order valence-electron chi connectivity index (χ2n) is 9.88. The first-order valence-electron chi connectivity index (χ1n) is 11.0. The number of hydrogen-bond acceptors (Lipinski definition) is 3.